The maximum Gasteiger partial charge on any atom is 0.411 e. The van der Waals surface area contributed by atoms with Gasteiger partial charge < -0.3 is 18.9 Å². The van der Waals surface area contributed by atoms with Crippen LogP contribution in [0.2, 0.25) is 0 Å². The van der Waals surface area contributed by atoms with Crippen molar-refractivity contribution >= 4 is 9.84 Å². The summed E-state index contributed by atoms with van der Waals surface area (Å²) in [6.45, 7) is 72.0. The fourth-order valence-corrected chi connectivity index (χ4v) is 19.3. The summed E-state index contributed by atoms with van der Waals surface area (Å²) in [5.41, 5.74) is 14.8. The van der Waals surface area contributed by atoms with Crippen LogP contribution in [0, 0.1) is 0 Å². The minimum atomic E-state index is -5.59. The van der Waals surface area contributed by atoms with Crippen molar-refractivity contribution in [3.8, 4) is 46.0 Å². The van der Waals surface area contributed by atoms with E-state index in [1.807, 2.05) is 76.2 Å². The number of ether oxygens (including phenoxy) is 4. The number of rotatable bonds is 30. The monoisotopic (exact) mass is 1900 g/mol. The van der Waals surface area contributed by atoms with E-state index in [9.17, 15) is 34.8 Å². The van der Waals surface area contributed by atoms with Gasteiger partial charge >= 0.3 is 12.4 Å². The van der Waals surface area contributed by atoms with E-state index in [0.29, 0.717) is 80.1 Å². The molecule has 0 radical (unpaired) electrons. The Morgan fingerprint density at radius 1 is 0.190 bits per heavy atom. The summed E-state index contributed by atoms with van der Waals surface area (Å²) in [7, 11) is -3.54. The Morgan fingerprint density at radius 2 is 0.336 bits per heavy atom. The van der Waals surface area contributed by atoms with Crippen molar-refractivity contribution in [2.24, 2.45) is 0 Å². The molecule has 11 aromatic rings. The average Bonchev–Trinajstić information content (AvgIpc) is 0.707. The Morgan fingerprint density at radius 3 is 0.518 bits per heavy atom. The quantitative estimate of drug-likeness (QED) is 0.0418. The van der Waals surface area contributed by atoms with Crippen LogP contribution in [0.25, 0.3) is 0 Å². The largest absolute Gasteiger partial charge is 0.457 e. The lowest BCUT2D eigenvalue weighted by atomic mass is 9.70. The molecule has 11 aromatic carbocycles. The van der Waals surface area contributed by atoms with Crippen molar-refractivity contribution < 1.29 is 53.7 Å². The second-order valence-corrected chi connectivity index (χ2v) is 43.7. The van der Waals surface area contributed by atoms with Crippen molar-refractivity contribution in [1.29, 1.82) is 0 Å². The van der Waals surface area contributed by atoms with Gasteiger partial charge in [0, 0.05) is 5.41 Å². The van der Waals surface area contributed by atoms with E-state index in [-0.39, 0.29) is 70.6 Å². The van der Waals surface area contributed by atoms with Crippen LogP contribution in [0.1, 0.15) is 471 Å². The smallest absolute Gasteiger partial charge is 0.411 e. The molecule has 0 saturated carbocycles. The summed E-state index contributed by atoms with van der Waals surface area (Å²) in [6, 6.07) is 69.1. The van der Waals surface area contributed by atoms with Gasteiger partial charge in [-0.1, -0.05) is 362 Å². The Bertz CT molecular complexity index is 5410. The van der Waals surface area contributed by atoms with Gasteiger partial charge in [0.15, 0.2) is 0 Å². The molecule has 0 fully saturated rings. The molecular weight excluding hydrogens is 1730 g/mol. The summed E-state index contributed by atoms with van der Waals surface area (Å²) in [6.07, 6.45) is -11.2. The van der Waals surface area contributed by atoms with Crippen LogP contribution < -0.4 is 18.9 Å². The van der Waals surface area contributed by atoms with Crippen LogP contribution in [-0.2, 0) is 20.7 Å². The van der Waals surface area contributed by atoms with Gasteiger partial charge in [-0.3, -0.25) is 0 Å². The van der Waals surface area contributed by atoms with E-state index in [1.165, 1.54) is 78.9 Å². The Kier molecular flexibility index (Phi) is 43.9. The highest BCUT2D eigenvalue weighted by atomic mass is 32.2. The topological polar surface area (TPSA) is 71.1 Å². The van der Waals surface area contributed by atoms with Gasteiger partial charge in [0.25, 0.3) is 0 Å². The standard InChI is InChI=1S/C39H48O2.C30H38O2.C27H34F6.C24H34O2S.4CH4/c1-25(2)35-21-19-33(23-37(35)27(5)6)40-31-15-11-29(12-16-31)39(9,10)30-13-17-32(18-14-30)41-34-20-22-36(26(3)4)38(24-34)28(7)8;1-19(2)27-15-13-25(17-29(27)21(5)6)31-23-9-11-24(12-10-23)32-26-14-16-28(20(3)4)30(18-26)22(7)8;1-15(2)21-11-9-19(13-23(21)17(5)6)25(26(28,29)30,27(31,32)33)20-10-12-22(16(3)4)24(14-20)18(7)8;1-15(2)21-11-9-19(13-23(21)17(5)6)27(25,26)20-10-12-22(16(3)4)24(14-20)18(7)8;;;;/h11-28H,1-10H3;9-22H,1-8H3;9-18H,1-8H3;9-18H,1-8H3;4*1H4. The van der Waals surface area contributed by atoms with Crippen molar-refractivity contribution in [3.05, 3.63) is 330 Å². The molecule has 750 valence electrons. The third kappa shape index (κ3) is 29.2. The molecule has 0 saturated heterocycles. The molecule has 0 aliphatic heterocycles. The van der Waals surface area contributed by atoms with Crippen LogP contribution >= 0.6 is 0 Å². The predicted molar refractivity (Wildman–Crippen MR) is 574 cm³/mol. The van der Waals surface area contributed by atoms with Crippen LogP contribution in [0.5, 0.6) is 46.0 Å². The summed E-state index contributed by atoms with van der Waals surface area (Å²) >= 11 is 0. The molecule has 11 rings (SSSR count). The maximum atomic E-state index is 14.7. The molecule has 6 nitrogen and oxygen atoms in total. The van der Waals surface area contributed by atoms with E-state index in [0.717, 1.165) is 92.5 Å². The average molecular weight is 1900 g/mol. The molecule has 0 atom stereocenters. The number of alkyl halides is 6. The van der Waals surface area contributed by atoms with Gasteiger partial charge in [0.1, 0.15) is 46.0 Å². The van der Waals surface area contributed by atoms with Crippen LogP contribution in [-0.4, -0.2) is 20.8 Å². The van der Waals surface area contributed by atoms with E-state index < -0.39 is 38.7 Å². The molecule has 0 heterocycles. The van der Waals surface area contributed by atoms with Crippen molar-refractivity contribution in [2.45, 2.75) is 393 Å². The molecule has 0 aromatic heterocycles. The Hall–Kier alpha value is -9.85. The summed E-state index contributed by atoms with van der Waals surface area (Å²) in [5, 5.41) is 0. The van der Waals surface area contributed by atoms with Crippen molar-refractivity contribution in [1.82, 2.24) is 0 Å². The zero-order chi connectivity index (χ0) is 99.3. The normalized spacial score (nSPS) is 12.1. The van der Waals surface area contributed by atoms with Gasteiger partial charge in [0.2, 0.25) is 15.3 Å². The molecule has 0 N–H and O–H groups in total. The summed E-state index contributed by atoms with van der Waals surface area (Å²) < 4.78 is 140. The van der Waals surface area contributed by atoms with Gasteiger partial charge in [0.05, 0.1) is 9.79 Å². The molecule has 13 heteroatoms. The first kappa shape index (κ1) is 119. The minimum Gasteiger partial charge on any atom is -0.457 e. The molecule has 0 aliphatic rings. The fourth-order valence-electron chi connectivity index (χ4n) is 18.0. The first-order chi connectivity index (χ1) is 61.9. The molecule has 0 amide bonds. The number of halogens is 6. The molecule has 0 bridgehead atoms. The number of benzene rings is 11. The fraction of sp³-hybridized carbons (Fsp3) is 0.468. The molecule has 0 unspecified atom stereocenters. The lowest BCUT2D eigenvalue weighted by molar-refractivity contribution is -0.288. The van der Waals surface area contributed by atoms with Crippen molar-refractivity contribution in [3.63, 3.8) is 0 Å². The van der Waals surface area contributed by atoms with Gasteiger partial charge in [-0.15, -0.1) is 0 Å². The lowest BCUT2D eigenvalue weighted by Crippen LogP contribution is -2.55. The van der Waals surface area contributed by atoms with E-state index in [2.05, 4.69) is 301 Å². The first-order valence-electron chi connectivity index (χ1n) is 48.5. The van der Waals surface area contributed by atoms with Crippen LogP contribution in [0.15, 0.2) is 228 Å². The Labute approximate surface area is 826 Å². The summed E-state index contributed by atoms with van der Waals surface area (Å²) in [4.78, 5) is 0.783. The summed E-state index contributed by atoms with van der Waals surface area (Å²) in [5.74, 6) is 11.5. The van der Waals surface area contributed by atoms with Crippen molar-refractivity contribution in [2.75, 3.05) is 0 Å². The molecular formula is C124H170F6O6S. The SMILES string of the molecule is C.C.C.C.CC(C)c1ccc(C(c2ccc(C(C)C)c(C(C)C)c2)(C(F)(F)F)C(F)(F)F)cc1C(C)C.CC(C)c1ccc(Oc2ccc(C(C)(C)c3ccc(Oc4ccc(C(C)C)c(C(C)C)c4)cc3)cc2)cc1C(C)C.CC(C)c1ccc(Oc2ccc(Oc3ccc(C(C)C)c(C(C)C)c3)cc2)cc1C(C)C.CC(C)c1ccc(S(=O)(=O)c2ccc(C(C)C)c(C(C)C)c2)cc1C(C)C. The zero-order valence-corrected chi connectivity index (χ0v) is 87.0. The maximum absolute atomic E-state index is 14.7. The highest BCUT2D eigenvalue weighted by molar-refractivity contribution is 7.91. The highest BCUT2D eigenvalue weighted by Gasteiger charge is 2.72. The first-order valence-corrected chi connectivity index (χ1v) is 50.0. The number of hydrogen-bond donors (Lipinski definition) is 0. The predicted octanol–water partition coefficient (Wildman–Crippen LogP) is 41.0. The van der Waals surface area contributed by atoms with E-state index in [1.54, 1.807) is 39.8 Å². The zero-order valence-electron chi connectivity index (χ0n) is 86.1. The second-order valence-electron chi connectivity index (χ2n) is 41.7. The lowest BCUT2D eigenvalue weighted by Gasteiger charge is -2.39. The minimum absolute atomic E-state index is 0. The number of sulfone groups is 1. The van der Waals surface area contributed by atoms with Crippen LogP contribution in [0.4, 0.5) is 26.3 Å². The van der Waals surface area contributed by atoms with E-state index >= 15 is 0 Å². The third-order valence-corrected chi connectivity index (χ3v) is 27.5. The molecule has 0 spiro atoms. The second kappa shape index (κ2) is 50.3. The highest BCUT2D eigenvalue weighted by Crippen LogP contribution is 2.58. The molecule has 0 aliphatic carbocycles. The van der Waals surface area contributed by atoms with Gasteiger partial charge in [-0.2, -0.15) is 26.3 Å². The Balaban J connectivity index is 0.000000382. The molecule has 137 heavy (non-hydrogen) atoms. The van der Waals surface area contributed by atoms with Crippen LogP contribution in [0.3, 0.4) is 0 Å². The van der Waals surface area contributed by atoms with Gasteiger partial charge in [-0.25, -0.2) is 8.42 Å². The van der Waals surface area contributed by atoms with Gasteiger partial charge in [-0.05, 0) is 327 Å². The third-order valence-electron chi connectivity index (χ3n) is 25.7. The van der Waals surface area contributed by atoms with E-state index in [4.69, 9.17) is 18.9 Å². The number of hydrogen-bond acceptors (Lipinski definition) is 6.